The maximum absolute atomic E-state index is 5.79. The molecule has 4 heteroatoms. The second kappa shape index (κ2) is 4.65. The van der Waals surface area contributed by atoms with Gasteiger partial charge in [0.25, 0.3) is 0 Å². The first-order chi connectivity index (χ1) is 9.24. The quantitative estimate of drug-likeness (QED) is 0.775. The Labute approximate surface area is 111 Å². The Hall–Kier alpha value is -2.49. The van der Waals surface area contributed by atoms with Gasteiger partial charge >= 0.3 is 0 Å². The molecule has 0 atom stereocenters. The zero-order chi connectivity index (χ0) is 13.2. The maximum Gasteiger partial charge on any atom is 0.129 e. The molecule has 0 fully saturated rings. The van der Waals surface area contributed by atoms with Gasteiger partial charge in [0.15, 0.2) is 0 Å². The number of H-pyrrole nitrogens is 1. The van der Waals surface area contributed by atoms with E-state index in [2.05, 4.69) is 9.97 Å². The number of aryl methyl sites for hydroxylation is 1. The van der Waals surface area contributed by atoms with Crippen LogP contribution in [0.1, 0.15) is 5.82 Å². The summed E-state index contributed by atoms with van der Waals surface area (Å²) in [5.41, 5.74) is 1.92. The highest BCUT2D eigenvalue weighted by molar-refractivity contribution is 5.76. The third kappa shape index (κ3) is 2.38. The summed E-state index contributed by atoms with van der Waals surface area (Å²) in [6.07, 6.45) is 0. The van der Waals surface area contributed by atoms with Crippen LogP contribution < -0.4 is 9.47 Å². The van der Waals surface area contributed by atoms with E-state index in [1.165, 1.54) is 0 Å². The van der Waals surface area contributed by atoms with E-state index in [0.29, 0.717) is 0 Å². The molecule has 1 aromatic heterocycles. The Balaban J connectivity index is 1.87. The van der Waals surface area contributed by atoms with Crippen molar-refractivity contribution in [1.82, 2.24) is 9.97 Å². The van der Waals surface area contributed by atoms with Gasteiger partial charge in [-0.25, -0.2) is 4.98 Å². The van der Waals surface area contributed by atoms with Crippen molar-refractivity contribution in [3.63, 3.8) is 0 Å². The Bertz CT molecular complexity index is 702. The minimum absolute atomic E-state index is 0.774. The van der Waals surface area contributed by atoms with Crippen LogP contribution >= 0.6 is 0 Å². The van der Waals surface area contributed by atoms with Crippen LogP contribution in [-0.4, -0.2) is 17.1 Å². The van der Waals surface area contributed by atoms with Crippen LogP contribution in [-0.2, 0) is 0 Å². The number of hydrogen-bond acceptors (Lipinski definition) is 3. The summed E-state index contributed by atoms with van der Waals surface area (Å²) in [5, 5.41) is 0. The molecule has 1 heterocycles. The topological polar surface area (TPSA) is 47.1 Å². The molecule has 2 aromatic carbocycles. The van der Waals surface area contributed by atoms with Crippen molar-refractivity contribution >= 4 is 11.0 Å². The number of nitrogens with zero attached hydrogens (tertiary/aromatic N) is 1. The molecule has 0 spiro atoms. The molecule has 0 unspecified atom stereocenters. The monoisotopic (exact) mass is 254 g/mol. The van der Waals surface area contributed by atoms with E-state index in [-0.39, 0.29) is 0 Å². The lowest BCUT2D eigenvalue weighted by Crippen LogP contribution is -1.85. The maximum atomic E-state index is 5.79. The second-order valence-electron chi connectivity index (χ2n) is 4.28. The van der Waals surface area contributed by atoms with Crippen LogP contribution in [0.5, 0.6) is 17.2 Å². The Kier molecular flexibility index (Phi) is 2.83. The molecule has 96 valence electrons. The van der Waals surface area contributed by atoms with E-state index in [9.17, 15) is 0 Å². The molecule has 0 amide bonds. The fraction of sp³-hybridized carbons (Fsp3) is 0.133. The first-order valence-electron chi connectivity index (χ1n) is 6.03. The largest absolute Gasteiger partial charge is 0.497 e. The third-order valence-electron chi connectivity index (χ3n) is 2.87. The predicted molar refractivity (Wildman–Crippen MR) is 73.9 cm³/mol. The van der Waals surface area contributed by atoms with Crippen molar-refractivity contribution in [3.8, 4) is 17.2 Å². The number of rotatable bonds is 3. The molecule has 0 saturated heterocycles. The van der Waals surface area contributed by atoms with Crippen molar-refractivity contribution in [2.45, 2.75) is 6.92 Å². The van der Waals surface area contributed by atoms with Crippen LogP contribution in [0, 0.1) is 6.92 Å². The smallest absolute Gasteiger partial charge is 0.129 e. The summed E-state index contributed by atoms with van der Waals surface area (Å²) < 4.78 is 10.9. The van der Waals surface area contributed by atoms with E-state index < -0.39 is 0 Å². The van der Waals surface area contributed by atoms with Crippen molar-refractivity contribution in [1.29, 1.82) is 0 Å². The Morgan fingerprint density at radius 2 is 1.63 bits per heavy atom. The summed E-state index contributed by atoms with van der Waals surface area (Å²) in [6, 6.07) is 13.3. The first-order valence-corrected chi connectivity index (χ1v) is 6.03. The van der Waals surface area contributed by atoms with Gasteiger partial charge < -0.3 is 14.5 Å². The standard InChI is InChI=1S/C15H14N2O2/c1-10-16-14-8-7-13(9-15(14)17-10)19-12-5-3-11(18-2)4-6-12/h3-9H,1-2H3,(H,16,17). The molecule has 3 rings (SSSR count). The van der Waals surface area contributed by atoms with Gasteiger partial charge in [0.2, 0.25) is 0 Å². The van der Waals surface area contributed by atoms with Gasteiger partial charge in [0.05, 0.1) is 18.1 Å². The molecule has 0 aliphatic heterocycles. The molecule has 0 aliphatic carbocycles. The van der Waals surface area contributed by atoms with E-state index >= 15 is 0 Å². The Morgan fingerprint density at radius 3 is 2.37 bits per heavy atom. The lowest BCUT2D eigenvalue weighted by molar-refractivity contribution is 0.413. The highest BCUT2D eigenvalue weighted by Gasteiger charge is 2.03. The van der Waals surface area contributed by atoms with E-state index in [4.69, 9.17) is 9.47 Å². The molecule has 1 N–H and O–H groups in total. The number of hydrogen-bond donors (Lipinski definition) is 1. The van der Waals surface area contributed by atoms with Gasteiger partial charge in [-0.2, -0.15) is 0 Å². The summed E-state index contributed by atoms with van der Waals surface area (Å²) in [5.74, 6) is 3.27. The SMILES string of the molecule is COc1ccc(Oc2ccc3nc(C)[nH]c3c2)cc1. The van der Waals surface area contributed by atoms with E-state index in [1.54, 1.807) is 7.11 Å². The predicted octanol–water partition coefficient (Wildman–Crippen LogP) is 3.67. The summed E-state index contributed by atoms with van der Waals surface area (Å²) in [7, 11) is 1.64. The highest BCUT2D eigenvalue weighted by Crippen LogP contribution is 2.26. The number of aromatic nitrogens is 2. The second-order valence-corrected chi connectivity index (χ2v) is 4.28. The minimum Gasteiger partial charge on any atom is -0.497 e. The van der Waals surface area contributed by atoms with Crippen molar-refractivity contribution < 1.29 is 9.47 Å². The van der Waals surface area contributed by atoms with Gasteiger partial charge in [-0.3, -0.25) is 0 Å². The molecular weight excluding hydrogens is 240 g/mol. The number of nitrogens with one attached hydrogen (secondary N) is 1. The number of fused-ring (bicyclic) bond motifs is 1. The molecule has 0 aliphatic rings. The average Bonchev–Trinajstić information content (AvgIpc) is 2.79. The fourth-order valence-corrected chi connectivity index (χ4v) is 1.96. The zero-order valence-corrected chi connectivity index (χ0v) is 10.8. The fourth-order valence-electron chi connectivity index (χ4n) is 1.96. The molecule has 0 radical (unpaired) electrons. The van der Waals surface area contributed by atoms with Crippen LogP contribution in [0.15, 0.2) is 42.5 Å². The van der Waals surface area contributed by atoms with Crippen molar-refractivity contribution in [2.24, 2.45) is 0 Å². The first kappa shape index (κ1) is 11.6. The lowest BCUT2D eigenvalue weighted by atomic mass is 10.3. The van der Waals surface area contributed by atoms with Gasteiger partial charge in [0.1, 0.15) is 23.1 Å². The van der Waals surface area contributed by atoms with Crippen LogP contribution in [0.3, 0.4) is 0 Å². The van der Waals surface area contributed by atoms with Crippen LogP contribution in [0.25, 0.3) is 11.0 Å². The van der Waals surface area contributed by atoms with E-state index in [1.807, 2.05) is 49.4 Å². The van der Waals surface area contributed by atoms with Crippen LogP contribution in [0.2, 0.25) is 0 Å². The van der Waals surface area contributed by atoms with Gasteiger partial charge in [0, 0.05) is 6.07 Å². The molecule has 19 heavy (non-hydrogen) atoms. The zero-order valence-electron chi connectivity index (χ0n) is 10.8. The Morgan fingerprint density at radius 1 is 0.947 bits per heavy atom. The molecule has 0 saturated carbocycles. The molecule has 4 nitrogen and oxygen atoms in total. The summed E-state index contributed by atoms with van der Waals surface area (Å²) >= 11 is 0. The molecule has 0 bridgehead atoms. The summed E-state index contributed by atoms with van der Waals surface area (Å²) in [6.45, 7) is 1.93. The number of imidazole rings is 1. The average molecular weight is 254 g/mol. The van der Waals surface area contributed by atoms with Crippen molar-refractivity contribution in [3.05, 3.63) is 48.3 Å². The van der Waals surface area contributed by atoms with Crippen molar-refractivity contribution in [2.75, 3.05) is 7.11 Å². The lowest BCUT2D eigenvalue weighted by Gasteiger charge is -2.06. The number of aromatic amines is 1. The third-order valence-corrected chi connectivity index (χ3v) is 2.87. The number of ether oxygens (including phenoxy) is 2. The van der Waals surface area contributed by atoms with Gasteiger partial charge in [-0.05, 0) is 43.3 Å². The number of benzene rings is 2. The molecule has 3 aromatic rings. The van der Waals surface area contributed by atoms with E-state index in [0.717, 1.165) is 34.1 Å². The van der Waals surface area contributed by atoms with Crippen LogP contribution in [0.4, 0.5) is 0 Å². The minimum atomic E-state index is 0.774. The van der Waals surface area contributed by atoms with Gasteiger partial charge in [-0.15, -0.1) is 0 Å². The van der Waals surface area contributed by atoms with Gasteiger partial charge in [-0.1, -0.05) is 0 Å². The normalized spacial score (nSPS) is 10.6. The number of methoxy groups -OCH3 is 1. The molecular formula is C15H14N2O2. The highest BCUT2D eigenvalue weighted by atomic mass is 16.5. The summed E-state index contributed by atoms with van der Waals surface area (Å²) in [4.78, 5) is 7.55.